The van der Waals surface area contributed by atoms with Gasteiger partial charge in [0.1, 0.15) is 11.3 Å². The van der Waals surface area contributed by atoms with Gasteiger partial charge in [-0.05, 0) is 55.0 Å². The minimum Gasteiger partial charge on any atom is -0.496 e. The van der Waals surface area contributed by atoms with Crippen molar-refractivity contribution in [3.05, 3.63) is 94.0 Å². The Bertz CT molecular complexity index is 1440. The molecule has 2 N–H and O–H groups in total. The summed E-state index contributed by atoms with van der Waals surface area (Å²) in [6.07, 6.45) is -0.00665. The van der Waals surface area contributed by atoms with Crippen LogP contribution >= 0.6 is 15.9 Å². The molecule has 5 rings (SSSR count). The average molecular weight is 577 g/mol. The second-order valence-electron chi connectivity index (χ2n) is 9.57. The van der Waals surface area contributed by atoms with Crippen molar-refractivity contribution in [2.75, 3.05) is 12.0 Å². The van der Waals surface area contributed by atoms with Crippen molar-refractivity contribution in [2.24, 2.45) is 11.8 Å². The largest absolute Gasteiger partial charge is 0.496 e. The van der Waals surface area contributed by atoms with Crippen LogP contribution in [0, 0.1) is 11.8 Å². The van der Waals surface area contributed by atoms with Gasteiger partial charge < -0.3 is 9.84 Å². The van der Waals surface area contributed by atoms with E-state index in [0.717, 1.165) is 9.37 Å². The van der Waals surface area contributed by atoms with Gasteiger partial charge in [-0.25, -0.2) is 4.90 Å². The topological polar surface area (TPSA) is 113 Å². The van der Waals surface area contributed by atoms with Crippen LogP contribution < -0.4 is 15.0 Å². The highest BCUT2D eigenvalue weighted by molar-refractivity contribution is 9.10. The summed E-state index contributed by atoms with van der Waals surface area (Å²) in [7, 11) is 1.50. The van der Waals surface area contributed by atoms with Crippen molar-refractivity contribution >= 4 is 45.2 Å². The summed E-state index contributed by atoms with van der Waals surface area (Å²) >= 11 is 3.46. The van der Waals surface area contributed by atoms with E-state index < -0.39 is 41.2 Å². The van der Waals surface area contributed by atoms with Crippen LogP contribution in [0.1, 0.15) is 34.5 Å². The minimum absolute atomic E-state index is 0.00665. The number of rotatable bonds is 7. The second kappa shape index (κ2) is 9.81. The molecule has 9 heteroatoms. The lowest BCUT2D eigenvalue weighted by Gasteiger charge is -2.31. The minimum atomic E-state index is -1.76. The summed E-state index contributed by atoms with van der Waals surface area (Å²) in [5.74, 6) is -4.19. The first kappa shape index (κ1) is 25.8. The van der Waals surface area contributed by atoms with Crippen molar-refractivity contribution in [3.8, 4) is 5.75 Å². The third-order valence-electron chi connectivity index (χ3n) is 7.42. The molecule has 2 aliphatic heterocycles. The number of ether oxygens (including phenoxy) is 1. The van der Waals surface area contributed by atoms with Crippen LogP contribution in [-0.4, -0.2) is 41.3 Å². The van der Waals surface area contributed by atoms with Crippen molar-refractivity contribution in [3.63, 3.8) is 0 Å². The summed E-state index contributed by atoms with van der Waals surface area (Å²) in [4.78, 5) is 53.9. The molecule has 0 bridgehead atoms. The highest BCUT2D eigenvalue weighted by atomic mass is 79.9. The van der Waals surface area contributed by atoms with Crippen molar-refractivity contribution in [1.29, 1.82) is 0 Å². The Morgan fingerprint density at radius 1 is 1.03 bits per heavy atom. The third-order valence-corrected chi connectivity index (χ3v) is 7.91. The van der Waals surface area contributed by atoms with Gasteiger partial charge in [0.2, 0.25) is 11.8 Å². The number of amides is 2. The fourth-order valence-corrected chi connectivity index (χ4v) is 6.05. The van der Waals surface area contributed by atoms with Gasteiger partial charge in [-0.15, -0.1) is 0 Å². The Balaban J connectivity index is 1.67. The van der Waals surface area contributed by atoms with Gasteiger partial charge in [0.05, 0.1) is 24.6 Å². The van der Waals surface area contributed by atoms with Crippen LogP contribution in [0.4, 0.5) is 5.69 Å². The number of methoxy groups -OCH3 is 1. The lowest BCUT2D eigenvalue weighted by atomic mass is 9.76. The lowest BCUT2D eigenvalue weighted by Crippen LogP contribution is -2.57. The van der Waals surface area contributed by atoms with E-state index in [4.69, 9.17) is 4.74 Å². The quantitative estimate of drug-likeness (QED) is 0.320. The van der Waals surface area contributed by atoms with E-state index in [2.05, 4.69) is 21.2 Å². The fraction of sp³-hybridized carbons (Fsp3) is 0.241. The lowest BCUT2D eigenvalue weighted by molar-refractivity contribution is -0.148. The van der Waals surface area contributed by atoms with E-state index in [1.54, 1.807) is 54.6 Å². The summed E-state index contributed by atoms with van der Waals surface area (Å²) in [6, 6.07) is 19.7. The molecule has 8 nitrogen and oxygen atoms in total. The molecule has 4 unspecified atom stereocenters. The number of fused-ring (bicyclic) bond motifs is 1. The van der Waals surface area contributed by atoms with Gasteiger partial charge in [-0.3, -0.25) is 24.5 Å². The first-order valence-corrected chi connectivity index (χ1v) is 12.8. The molecule has 0 saturated carbocycles. The van der Waals surface area contributed by atoms with Crippen molar-refractivity contribution < 1.29 is 29.0 Å². The molecular weight excluding hydrogens is 552 g/mol. The molecule has 2 saturated heterocycles. The zero-order valence-electron chi connectivity index (χ0n) is 20.7. The number of carbonyl (C=O) groups excluding carboxylic acids is 3. The number of hydrogen-bond acceptors (Lipinski definition) is 6. The molecule has 38 heavy (non-hydrogen) atoms. The number of nitrogens with one attached hydrogen (secondary N) is 1. The number of Topliss-reactive ketones (excluding diaryl/α,β-unsaturated/α-hetero) is 1. The van der Waals surface area contributed by atoms with Gasteiger partial charge >= 0.3 is 5.97 Å². The monoisotopic (exact) mass is 576 g/mol. The molecule has 2 fully saturated rings. The Morgan fingerprint density at radius 2 is 1.71 bits per heavy atom. The zero-order valence-corrected chi connectivity index (χ0v) is 22.3. The van der Waals surface area contributed by atoms with Gasteiger partial charge in [-0.1, -0.05) is 46.3 Å². The molecule has 194 valence electrons. The first-order chi connectivity index (χ1) is 18.2. The molecule has 2 heterocycles. The van der Waals surface area contributed by atoms with Crippen molar-refractivity contribution in [1.82, 2.24) is 5.32 Å². The first-order valence-electron chi connectivity index (χ1n) is 12.0. The molecule has 3 aromatic carbocycles. The van der Waals surface area contributed by atoms with E-state index in [0.29, 0.717) is 28.1 Å². The molecule has 3 aromatic rings. The summed E-state index contributed by atoms with van der Waals surface area (Å²) in [6.45, 7) is 1.43. The summed E-state index contributed by atoms with van der Waals surface area (Å²) in [5, 5.41) is 13.9. The van der Waals surface area contributed by atoms with E-state index in [9.17, 15) is 24.3 Å². The number of carboxylic acid groups (broad SMARTS) is 1. The number of halogens is 1. The number of anilines is 1. The number of ketones is 1. The summed E-state index contributed by atoms with van der Waals surface area (Å²) in [5.41, 5.74) is 0.259. The predicted molar refractivity (Wildman–Crippen MR) is 143 cm³/mol. The number of carbonyl (C=O) groups is 4. The molecule has 0 aromatic heterocycles. The van der Waals surface area contributed by atoms with Gasteiger partial charge in [0.15, 0.2) is 5.78 Å². The van der Waals surface area contributed by atoms with Gasteiger partial charge in [-0.2, -0.15) is 0 Å². The van der Waals surface area contributed by atoms with Crippen LogP contribution in [0.2, 0.25) is 0 Å². The third kappa shape index (κ3) is 4.12. The van der Waals surface area contributed by atoms with E-state index in [-0.39, 0.29) is 12.2 Å². The Labute approximate surface area is 227 Å². The number of imide groups is 1. The second-order valence-corrected chi connectivity index (χ2v) is 10.5. The predicted octanol–water partition coefficient (Wildman–Crippen LogP) is 4.18. The standard InChI is InChI=1S/C29H25BrN2O6/c1-16(33)18-8-11-20(12-9-18)32-26(34)23-24(27(32)35)29(28(36)37,15-17-6-4-3-5-7-17)31-25(23)21-14-19(30)10-13-22(21)38-2/h3-14,23-25,31H,15H2,1-2H3,(H,36,37). The normalized spacial score (nSPS) is 24.4. The molecule has 0 aliphatic carbocycles. The highest BCUT2D eigenvalue weighted by Gasteiger charge is 2.69. The number of benzene rings is 3. The molecule has 0 radical (unpaired) electrons. The van der Waals surface area contributed by atoms with Crippen LogP contribution in [0.15, 0.2) is 77.3 Å². The van der Waals surface area contributed by atoms with Crippen LogP contribution in [-0.2, 0) is 20.8 Å². The maximum atomic E-state index is 14.0. The Morgan fingerprint density at radius 3 is 2.32 bits per heavy atom. The maximum Gasteiger partial charge on any atom is 0.325 e. The Hall–Kier alpha value is -3.82. The van der Waals surface area contributed by atoms with E-state index in [1.807, 2.05) is 6.07 Å². The highest BCUT2D eigenvalue weighted by Crippen LogP contribution is 2.52. The average Bonchev–Trinajstić information content (AvgIpc) is 3.38. The van der Waals surface area contributed by atoms with Gasteiger partial charge in [0.25, 0.3) is 0 Å². The number of aliphatic carboxylic acids is 1. The van der Waals surface area contributed by atoms with Crippen molar-refractivity contribution in [2.45, 2.75) is 24.9 Å². The number of hydrogen-bond donors (Lipinski definition) is 2. The molecule has 2 amide bonds. The molecule has 2 aliphatic rings. The smallest absolute Gasteiger partial charge is 0.325 e. The van der Waals surface area contributed by atoms with E-state index in [1.165, 1.54) is 26.2 Å². The summed E-state index contributed by atoms with van der Waals surface area (Å²) < 4.78 is 6.29. The van der Waals surface area contributed by atoms with E-state index >= 15 is 0 Å². The maximum absolute atomic E-state index is 14.0. The fourth-order valence-electron chi connectivity index (χ4n) is 5.67. The number of carboxylic acids is 1. The molecule has 4 atom stereocenters. The molecule has 0 spiro atoms. The number of nitrogens with zero attached hydrogens (tertiary/aromatic N) is 1. The molecular formula is C29H25BrN2O6. The van der Waals surface area contributed by atoms with Crippen LogP contribution in [0.3, 0.4) is 0 Å². The SMILES string of the molecule is COc1ccc(Br)cc1C1NC(Cc2ccccc2)(C(=O)O)C2C(=O)N(c3ccc(C(C)=O)cc3)C(=O)C12. The Kier molecular flexibility index (Phi) is 6.66. The zero-order chi connectivity index (χ0) is 27.2. The van der Waals surface area contributed by atoms with Gasteiger partial charge in [0, 0.05) is 28.1 Å². The van der Waals surface area contributed by atoms with Crippen LogP contribution in [0.5, 0.6) is 5.75 Å². The van der Waals surface area contributed by atoms with Crippen LogP contribution in [0.25, 0.3) is 0 Å².